The molecule has 1 N–H and O–H groups in total. The first-order valence-electron chi connectivity index (χ1n) is 6.61. The summed E-state index contributed by atoms with van der Waals surface area (Å²) in [4.78, 5) is 2.58. The SMILES string of the molecule is CC(C)NCCC(C)N1CC(C)OCC1C. The molecule has 3 heteroatoms. The molecular weight excluding hydrogens is 200 g/mol. The van der Waals surface area contributed by atoms with Gasteiger partial charge in [0.15, 0.2) is 0 Å². The van der Waals surface area contributed by atoms with Crippen LogP contribution in [0.2, 0.25) is 0 Å². The lowest BCUT2D eigenvalue weighted by Crippen LogP contribution is -2.51. The van der Waals surface area contributed by atoms with Gasteiger partial charge in [-0.15, -0.1) is 0 Å². The predicted molar refractivity (Wildman–Crippen MR) is 68.8 cm³/mol. The van der Waals surface area contributed by atoms with Crippen LogP contribution in [0.1, 0.15) is 41.0 Å². The molecule has 0 saturated carbocycles. The summed E-state index contributed by atoms with van der Waals surface area (Å²) in [6.45, 7) is 14.2. The van der Waals surface area contributed by atoms with E-state index < -0.39 is 0 Å². The lowest BCUT2D eigenvalue weighted by Gasteiger charge is -2.40. The summed E-state index contributed by atoms with van der Waals surface area (Å²) in [7, 11) is 0. The summed E-state index contributed by atoms with van der Waals surface area (Å²) < 4.78 is 5.66. The molecule has 1 heterocycles. The quantitative estimate of drug-likeness (QED) is 0.777. The fourth-order valence-corrected chi connectivity index (χ4v) is 2.29. The Kier molecular flexibility index (Phi) is 5.73. The van der Waals surface area contributed by atoms with Gasteiger partial charge in [0, 0.05) is 24.7 Å². The van der Waals surface area contributed by atoms with Crippen LogP contribution in [0.25, 0.3) is 0 Å². The number of morpholine rings is 1. The molecule has 0 aromatic carbocycles. The van der Waals surface area contributed by atoms with Crippen molar-refractivity contribution in [3.05, 3.63) is 0 Å². The number of nitrogens with zero attached hydrogens (tertiary/aromatic N) is 1. The molecule has 3 atom stereocenters. The second-order valence-electron chi connectivity index (χ2n) is 5.44. The van der Waals surface area contributed by atoms with Crippen molar-refractivity contribution in [1.29, 1.82) is 0 Å². The van der Waals surface area contributed by atoms with E-state index in [9.17, 15) is 0 Å². The average molecular weight is 228 g/mol. The number of hydrogen-bond acceptors (Lipinski definition) is 3. The lowest BCUT2D eigenvalue weighted by molar-refractivity contribution is -0.0642. The van der Waals surface area contributed by atoms with Crippen LogP contribution >= 0.6 is 0 Å². The minimum atomic E-state index is 0.386. The smallest absolute Gasteiger partial charge is 0.0674 e. The fraction of sp³-hybridized carbons (Fsp3) is 1.00. The third-order valence-corrected chi connectivity index (χ3v) is 3.34. The van der Waals surface area contributed by atoms with Crippen molar-refractivity contribution in [1.82, 2.24) is 10.2 Å². The molecule has 1 aliphatic rings. The van der Waals surface area contributed by atoms with Gasteiger partial charge in [0.05, 0.1) is 12.7 Å². The van der Waals surface area contributed by atoms with Crippen molar-refractivity contribution in [2.24, 2.45) is 0 Å². The summed E-state index contributed by atoms with van der Waals surface area (Å²) in [6.07, 6.45) is 1.60. The van der Waals surface area contributed by atoms with Crippen LogP contribution in [0, 0.1) is 0 Å². The zero-order valence-corrected chi connectivity index (χ0v) is 11.5. The lowest BCUT2D eigenvalue weighted by atomic mass is 10.1. The zero-order chi connectivity index (χ0) is 12.1. The Morgan fingerprint density at radius 3 is 2.62 bits per heavy atom. The molecule has 3 nitrogen and oxygen atoms in total. The first kappa shape index (κ1) is 13.9. The van der Waals surface area contributed by atoms with Gasteiger partial charge in [0.25, 0.3) is 0 Å². The molecule has 1 aliphatic heterocycles. The largest absolute Gasteiger partial charge is 0.376 e. The molecule has 1 rings (SSSR count). The summed E-state index contributed by atoms with van der Waals surface area (Å²) in [5, 5.41) is 3.48. The molecule has 0 bridgehead atoms. The Balaban J connectivity index is 2.30. The second-order valence-corrected chi connectivity index (χ2v) is 5.44. The van der Waals surface area contributed by atoms with E-state index in [1.165, 1.54) is 6.42 Å². The monoisotopic (exact) mass is 228 g/mol. The highest BCUT2D eigenvalue weighted by Gasteiger charge is 2.26. The van der Waals surface area contributed by atoms with Crippen molar-refractivity contribution in [2.45, 2.75) is 65.3 Å². The topological polar surface area (TPSA) is 24.5 Å². The maximum atomic E-state index is 5.66. The normalized spacial score (nSPS) is 29.6. The van der Waals surface area contributed by atoms with E-state index in [2.05, 4.69) is 44.8 Å². The van der Waals surface area contributed by atoms with Crippen LogP contribution in [-0.4, -0.2) is 48.8 Å². The third-order valence-electron chi connectivity index (χ3n) is 3.34. The van der Waals surface area contributed by atoms with E-state index in [4.69, 9.17) is 4.74 Å². The molecule has 0 aliphatic carbocycles. The Morgan fingerprint density at radius 2 is 2.00 bits per heavy atom. The van der Waals surface area contributed by atoms with Gasteiger partial charge in [0.2, 0.25) is 0 Å². The van der Waals surface area contributed by atoms with Crippen molar-refractivity contribution in [3.63, 3.8) is 0 Å². The molecule has 3 unspecified atom stereocenters. The van der Waals surface area contributed by atoms with Gasteiger partial charge in [-0.3, -0.25) is 4.90 Å². The Morgan fingerprint density at radius 1 is 1.31 bits per heavy atom. The molecule has 0 spiro atoms. The van der Waals surface area contributed by atoms with Gasteiger partial charge in [-0.2, -0.15) is 0 Å². The van der Waals surface area contributed by atoms with Crippen molar-refractivity contribution in [3.8, 4) is 0 Å². The van der Waals surface area contributed by atoms with Crippen molar-refractivity contribution in [2.75, 3.05) is 19.7 Å². The fourth-order valence-electron chi connectivity index (χ4n) is 2.29. The Bertz CT molecular complexity index is 196. The molecular formula is C13H28N2O. The molecule has 0 aromatic heterocycles. The molecule has 0 amide bonds. The van der Waals surface area contributed by atoms with Crippen LogP contribution < -0.4 is 5.32 Å². The van der Waals surface area contributed by atoms with Crippen molar-refractivity contribution >= 4 is 0 Å². The van der Waals surface area contributed by atoms with Gasteiger partial charge < -0.3 is 10.1 Å². The first-order valence-corrected chi connectivity index (χ1v) is 6.61. The number of rotatable bonds is 5. The number of nitrogens with one attached hydrogen (secondary N) is 1. The standard InChI is InChI=1S/C13H28N2O/c1-10(2)14-7-6-11(3)15-8-13(5)16-9-12(15)4/h10-14H,6-9H2,1-5H3. The summed E-state index contributed by atoms with van der Waals surface area (Å²) in [6, 6.07) is 1.80. The number of ether oxygens (including phenoxy) is 1. The maximum Gasteiger partial charge on any atom is 0.0674 e. The van der Waals surface area contributed by atoms with E-state index in [1.54, 1.807) is 0 Å². The molecule has 96 valence electrons. The van der Waals surface area contributed by atoms with E-state index >= 15 is 0 Å². The summed E-state index contributed by atoms with van der Waals surface area (Å²) in [5.74, 6) is 0. The van der Waals surface area contributed by atoms with E-state index in [1.807, 2.05) is 0 Å². The highest BCUT2D eigenvalue weighted by Crippen LogP contribution is 2.16. The van der Waals surface area contributed by atoms with Gasteiger partial charge in [-0.05, 0) is 33.7 Å². The van der Waals surface area contributed by atoms with Crippen LogP contribution in [0.4, 0.5) is 0 Å². The molecule has 16 heavy (non-hydrogen) atoms. The summed E-state index contributed by atoms with van der Waals surface area (Å²) in [5.41, 5.74) is 0. The number of hydrogen-bond donors (Lipinski definition) is 1. The molecule has 0 radical (unpaired) electrons. The highest BCUT2D eigenvalue weighted by atomic mass is 16.5. The minimum Gasteiger partial charge on any atom is -0.376 e. The highest BCUT2D eigenvalue weighted by molar-refractivity contribution is 4.80. The molecule has 1 saturated heterocycles. The predicted octanol–water partition coefficient (Wildman–Crippen LogP) is 1.87. The summed E-state index contributed by atoms with van der Waals surface area (Å²) >= 11 is 0. The van der Waals surface area contributed by atoms with Gasteiger partial charge >= 0.3 is 0 Å². The first-order chi connectivity index (χ1) is 7.50. The van der Waals surface area contributed by atoms with Crippen LogP contribution in [-0.2, 0) is 4.74 Å². The van der Waals surface area contributed by atoms with Crippen LogP contribution in [0.3, 0.4) is 0 Å². The zero-order valence-electron chi connectivity index (χ0n) is 11.5. The van der Waals surface area contributed by atoms with Crippen LogP contribution in [0.5, 0.6) is 0 Å². The van der Waals surface area contributed by atoms with Crippen LogP contribution in [0.15, 0.2) is 0 Å². The Hall–Kier alpha value is -0.120. The molecule has 1 fully saturated rings. The molecule has 0 aromatic rings. The minimum absolute atomic E-state index is 0.386. The van der Waals surface area contributed by atoms with E-state index in [0.717, 1.165) is 19.7 Å². The Labute approximate surface area is 101 Å². The third kappa shape index (κ3) is 4.40. The van der Waals surface area contributed by atoms with Gasteiger partial charge in [-0.25, -0.2) is 0 Å². The van der Waals surface area contributed by atoms with Gasteiger partial charge in [-0.1, -0.05) is 13.8 Å². The van der Waals surface area contributed by atoms with E-state index in [-0.39, 0.29) is 0 Å². The van der Waals surface area contributed by atoms with E-state index in [0.29, 0.717) is 24.2 Å². The van der Waals surface area contributed by atoms with Gasteiger partial charge in [0.1, 0.15) is 0 Å². The van der Waals surface area contributed by atoms with Crippen molar-refractivity contribution < 1.29 is 4.74 Å². The maximum absolute atomic E-state index is 5.66. The average Bonchev–Trinajstić information content (AvgIpc) is 2.21. The second kappa shape index (κ2) is 6.58.